The summed E-state index contributed by atoms with van der Waals surface area (Å²) in [5.41, 5.74) is 3.71. The van der Waals surface area contributed by atoms with E-state index in [1.807, 2.05) is 12.1 Å². The molecular formula is C17H16Cl2N2O. The van der Waals surface area contributed by atoms with E-state index in [9.17, 15) is 4.79 Å². The molecule has 5 heteroatoms. The van der Waals surface area contributed by atoms with Crippen LogP contribution in [0.4, 0.5) is 11.4 Å². The lowest BCUT2D eigenvalue weighted by molar-refractivity contribution is 0.102. The molecule has 0 saturated carbocycles. The van der Waals surface area contributed by atoms with Gasteiger partial charge in [-0.2, -0.15) is 0 Å². The molecule has 0 aliphatic carbocycles. The smallest absolute Gasteiger partial charge is 0.257 e. The number of hydrogen-bond acceptors (Lipinski definition) is 2. The van der Waals surface area contributed by atoms with Crippen LogP contribution in [0.3, 0.4) is 0 Å². The second-order valence-electron chi connectivity index (χ2n) is 5.25. The van der Waals surface area contributed by atoms with Gasteiger partial charge in [0.25, 0.3) is 5.91 Å². The number of halogens is 2. The standard InChI is InChI=1S/C17H16Cl2N2O/c1-2-21-8-7-11-3-5-13(10-16(11)21)20-17(22)14-6-4-12(18)9-15(14)19/h3-6,9-10H,2,7-8H2,1H3,(H,20,22). The minimum atomic E-state index is -0.234. The number of carbonyl (C=O) groups is 1. The highest BCUT2D eigenvalue weighted by molar-refractivity contribution is 6.37. The average molecular weight is 335 g/mol. The van der Waals surface area contributed by atoms with Crippen LogP contribution in [0.25, 0.3) is 0 Å². The normalized spacial score (nSPS) is 13.1. The molecule has 3 nitrogen and oxygen atoms in total. The van der Waals surface area contributed by atoms with Gasteiger partial charge in [0, 0.05) is 29.5 Å². The number of carbonyl (C=O) groups excluding carboxylic acids is 1. The highest BCUT2D eigenvalue weighted by Crippen LogP contribution is 2.31. The Balaban J connectivity index is 1.83. The number of rotatable bonds is 3. The molecule has 1 heterocycles. The first-order valence-electron chi connectivity index (χ1n) is 7.22. The van der Waals surface area contributed by atoms with E-state index in [1.165, 1.54) is 11.3 Å². The van der Waals surface area contributed by atoms with E-state index < -0.39 is 0 Å². The maximum Gasteiger partial charge on any atom is 0.257 e. The molecule has 0 unspecified atom stereocenters. The van der Waals surface area contributed by atoms with Gasteiger partial charge in [0.2, 0.25) is 0 Å². The third-order valence-corrected chi connectivity index (χ3v) is 4.44. The van der Waals surface area contributed by atoms with Gasteiger partial charge in [0.05, 0.1) is 10.6 Å². The van der Waals surface area contributed by atoms with E-state index in [2.05, 4.69) is 23.2 Å². The summed E-state index contributed by atoms with van der Waals surface area (Å²) in [5, 5.41) is 3.76. The Morgan fingerprint density at radius 3 is 2.77 bits per heavy atom. The Labute approximate surface area is 139 Å². The molecule has 1 aliphatic heterocycles. The number of fused-ring (bicyclic) bond motifs is 1. The zero-order valence-electron chi connectivity index (χ0n) is 12.2. The quantitative estimate of drug-likeness (QED) is 0.887. The van der Waals surface area contributed by atoms with Crippen molar-refractivity contribution < 1.29 is 4.79 Å². The fourth-order valence-corrected chi connectivity index (χ4v) is 3.22. The molecule has 2 aromatic rings. The molecule has 0 radical (unpaired) electrons. The number of anilines is 2. The summed E-state index contributed by atoms with van der Waals surface area (Å²) in [6.45, 7) is 4.13. The van der Waals surface area contributed by atoms with E-state index in [-0.39, 0.29) is 5.91 Å². The van der Waals surface area contributed by atoms with Crippen LogP contribution >= 0.6 is 23.2 Å². The van der Waals surface area contributed by atoms with Gasteiger partial charge in [0.15, 0.2) is 0 Å². The summed E-state index contributed by atoms with van der Waals surface area (Å²) in [4.78, 5) is 14.7. The van der Waals surface area contributed by atoms with Crippen molar-refractivity contribution in [2.45, 2.75) is 13.3 Å². The average Bonchev–Trinajstić information content (AvgIpc) is 2.89. The van der Waals surface area contributed by atoms with Crippen LogP contribution in [0, 0.1) is 0 Å². The Bertz CT molecular complexity index is 731. The van der Waals surface area contributed by atoms with Gasteiger partial charge < -0.3 is 10.2 Å². The van der Waals surface area contributed by atoms with Crippen molar-refractivity contribution in [2.75, 3.05) is 23.3 Å². The summed E-state index contributed by atoms with van der Waals surface area (Å²) < 4.78 is 0. The summed E-state index contributed by atoms with van der Waals surface area (Å²) in [5.74, 6) is -0.234. The first-order chi connectivity index (χ1) is 10.6. The fraction of sp³-hybridized carbons (Fsp3) is 0.235. The highest BCUT2D eigenvalue weighted by Gasteiger charge is 2.18. The van der Waals surface area contributed by atoms with Crippen LogP contribution < -0.4 is 10.2 Å². The van der Waals surface area contributed by atoms with E-state index >= 15 is 0 Å². The molecule has 0 saturated heterocycles. The molecular weight excluding hydrogens is 319 g/mol. The predicted molar refractivity (Wildman–Crippen MR) is 92.4 cm³/mol. The molecule has 3 rings (SSSR count). The highest BCUT2D eigenvalue weighted by atomic mass is 35.5. The minimum Gasteiger partial charge on any atom is -0.371 e. The van der Waals surface area contributed by atoms with Crippen molar-refractivity contribution in [2.24, 2.45) is 0 Å². The first kappa shape index (κ1) is 15.2. The monoisotopic (exact) mass is 334 g/mol. The third-order valence-electron chi connectivity index (χ3n) is 3.89. The van der Waals surface area contributed by atoms with Gasteiger partial charge >= 0.3 is 0 Å². The molecule has 0 spiro atoms. The van der Waals surface area contributed by atoms with Crippen LogP contribution in [0.5, 0.6) is 0 Å². The second kappa shape index (κ2) is 6.19. The van der Waals surface area contributed by atoms with E-state index in [1.54, 1.807) is 18.2 Å². The second-order valence-corrected chi connectivity index (χ2v) is 6.10. The number of hydrogen-bond donors (Lipinski definition) is 1. The summed E-state index contributed by atoms with van der Waals surface area (Å²) in [6, 6.07) is 10.9. The fourth-order valence-electron chi connectivity index (χ4n) is 2.72. The molecule has 0 bridgehead atoms. The van der Waals surface area contributed by atoms with Crippen molar-refractivity contribution in [1.82, 2.24) is 0 Å². The van der Waals surface area contributed by atoms with Gasteiger partial charge in [-0.1, -0.05) is 29.3 Å². The van der Waals surface area contributed by atoms with Crippen molar-refractivity contribution >= 4 is 40.5 Å². The molecule has 1 N–H and O–H groups in total. The molecule has 114 valence electrons. The maximum atomic E-state index is 12.3. The largest absolute Gasteiger partial charge is 0.371 e. The predicted octanol–water partition coefficient (Wildman–Crippen LogP) is 4.63. The first-order valence-corrected chi connectivity index (χ1v) is 7.98. The van der Waals surface area contributed by atoms with Crippen LogP contribution in [-0.4, -0.2) is 19.0 Å². The zero-order valence-corrected chi connectivity index (χ0v) is 13.7. The number of nitrogens with one attached hydrogen (secondary N) is 1. The Hall–Kier alpha value is -1.71. The topological polar surface area (TPSA) is 32.3 Å². The van der Waals surface area contributed by atoms with Crippen LogP contribution in [-0.2, 0) is 6.42 Å². The third kappa shape index (κ3) is 2.92. The summed E-state index contributed by atoms with van der Waals surface area (Å²) in [6.07, 6.45) is 1.06. The molecule has 0 aromatic heterocycles. The Morgan fingerprint density at radius 2 is 2.05 bits per heavy atom. The lowest BCUT2D eigenvalue weighted by atomic mass is 10.1. The van der Waals surface area contributed by atoms with Crippen LogP contribution in [0.1, 0.15) is 22.8 Å². The number of likely N-dealkylation sites (N-methyl/N-ethyl adjacent to an activating group) is 1. The molecule has 2 aromatic carbocycles. The maximum absolute atomic E-state index is 12.3. The molecule has 1 amide bonds. The minimum absolute atomic E-state index is 0.234. The van der Waals surface area contributed by atoms with Crippen molar-refractivity contribution in [3.8, 4) is 0 Å². The molecule has 22 heavy (non-hydrogen) atoms. The zero-order chi connectivity index (χ0) is 15.7. The van der Waals surface area contributed by atoms with Gasteiger partial charge in [-0.15, -0.1) is 0 Å². The molecule has 0 fully saturated rings. The van der Waals surface area contributed by atoms with E-state index in [0.717, 1.165) is 25.2 Å². The van der Waals surface area contributed by atoms with Crippen molar-refractivity contribution in [3.05, 3.63) is 57.6 Å². The summed E-state index contributed by atoms with van der Waals surface area (Å²) in [7, 11) is 0. The Kier molecular flexibility index (Phi) is 4.27. The van der Waals surface area contributed by atoms with Gasteiger partial charge in [-0.3, -0.25) is 4.79 Å². The van der Waals surface area contributed by atoms with Crippen LogP contribution in [0.15, 0.2) is 36.4 Å². The molecule has 0 atom stereocenters. The van der Waals surface area contributed by atoms with Gasteiger partial charge in [-0.25, -0.2) is 0 Å². The number of benzene rings is 2. The molecule has 1 aliphatic rings. The van der Waals surface area contributed by atoms with Crippen molar-refractivity contribution in [1.29, 1.82) is 0 Å². The number of amides is 1. The van der Waals surface area contributed by atoms with Crippen molar-refractivity contribution in [3.63, 3.8) is 0 Å². The van der Waals surface area contributed by atoms with Gasteiger partial charge in [0.1, 0.15) is 0 Å². The summed E-state index contributed by atoms with van der Waals surface area (Å²) >= 11 is 11.9. The number of nitrogens with zero attached hydrogens (tertiary/aromatic N) is 1. The van der Waals surface area contributed by atoms with E-state index in [0.29, 0.717) is 15.6 Å². The van der Waals surface area contributed by atoms with Gasteiger partial charge in [-0.05, 0) is 49.2 Å². The lowest BCUT2D eigenvalue weighted by Gasteiger charge is -2.17. The SMILES string of the molecule is CCN1CCc2ccc(NC(=O)c3ccc(Cl)cc3Cl)cc21. The Morgan fingerprint density at radius 1 is 1.23 bits per heavy atom. The van der Waals surface area contributed by atoms with Crippen LogP contribution in [0.2, 0.25) is 10.0 Å². The van der Waals surface area contributed by atoms with E-state index in [4.69, 9.17) is 23.2 Å². The lowest BCUT2D eigenvalue weighted by Crippen LogP contribution is -2.19.